The predicted molar refractivity (Wildman–Crippen MR) is 126 cm³/mol. The number of Topliss-reactive ketones (excluding diaryl/α,β-unsaturated/α-hetero) is 1. The van der Waals surface area contributed by atoms with Crippen LogP contribution in [0.4, 0.5) is 16.8 Å². The first-order valence-electron chi connectivity index (χ1n) is 10.2. The molecule has 31 heavy (non-hydrogen) atoms. The molecule has 1 unspecified atom stereocenters. The van der Waals surface area contributed by atoms with Gasteiger partial charge in [0.25, 0.3) is 0 Å². The molecule has 3 aromatic rings. The van der Waals surface area contributed by atoms with Crippen LogP contribution < -0.4 is 16.0 Å². The normalized spacial score (nSPS) is 16.0. The average Bonchev–Trinajstić information content (AvgIpc) is 3.33. The van der Waals surface area contributed by atoms with Crippen molar-refractivity contribution in [1.82, 2.24) is 15.0 Å². The first-order chi connectivity index (χ1) is 14.8. The Bertz CT molecular complexity index is 1110. The molecule has 1 aliphatic heterocycles. The highest BCUT2D eigenvalue weighted by molar-refractivity contribution is 7.17. The first kappa shape index (κ1) is 21.7. The maximum absolute atomic E-state index is 12.8. The van der Waals surface area contributed by atoms with Crippen LogP contribution in [0.5, 0.6) is 0 Å². The van der Waals surface area contributed by atoms with Gasteiger partial charge in [0, 0.05) is 36.6 Å². The number of nitrogens with one attached hydrogen (secondary N) is 1. The molecule has 3 heterocycles. The number of benzene rings is 1. The van der Waals surface area contributed by atoms with Crippen LogP contribution in [0.25, 0.3) is 0 Å². The second-order valence-corrected chi connectivity index (χ2v) is 9.39. The number of carbonyl (C=O) groups excluding carboxylic acids is 1. The fraction of sp³-hybridized carbons (Fsp3) is 0.364. The molecule has 0 radical (unpaired) electrons. The third-order valence-electron chi connectivity index (χ3n) is 5.29. The molecular weight excluding hydrogens is 432 g/mol. The second-order valence-electron chi connectivity index (χ2n) is 7.95. The molecule has 7 nitrogen and oxygen atoms in total. The number of thiazole rings is 1. The highest BCUT2D eigenvalue weighted by Gasteiger charge is 2.21. The third-order valence-corrected chi connectivity index (χ3v) is 6.58. The van der Waals surface area contributed by atoms with E-state index in [4.69, 9.17) is 17.3 Å². The molecule has 0 saturated carbocycles. The Labute approximate surface area is 190 Å². The largest absolute Gasteiger partial charge is 0.355 e. The molecule has 9 heteroatoms. The standard InChI is InChI=1S/C22H25ClN6OS/c1-12-6-13(2)16(17(23)7-12)8-18(30)19-10-25-22(31-19)28-20-9-21(27-14(3)26-20)29-5-4-15(24)11-29/h6-7,9-10,15H,4-5,8,11,24H2,1-3H3,(H,25,26,27,28). The molecule has 0 bridgehead atoms. The summed E-state index contributed by atoms with van der Waals surface area (Å²) < 4.78 is 0. The number of halogens is 1. The third kappa shape index (κ3) is 5.03. The summed E-state index contributed by atoms with van der Waals surface area (Å²) in [7, 11) is 0. The van der Waals surface area contributed by atoms with E-state index in [1.54, 1.807) is 6.20 Å². The van der Waals surface area contributed by atoms with Gasteiger partial charge in [0.2, 0.25) is 0 Å². The summed E-state index contributed by atoms with van der Waals surface area (Å²) >= 11 is 7.67. The van der Waals surface area contributed by atoms with Gasteiger partial charge in [-0.15, -0.1) is 0 Å². The quantitative estimate of drug-likeness (QED) is 0.536. The summed E-state index contributed by atoms with van der Waals surface area (Å²) in [5.74, 6) is 2.15. The Morgan fingerprint density at radius 2 is 2.10 bits per heavy atom. The number of anilines is 3. The Morgan fingerprint density at radius 1 is 1.29 bits per heavy atom. The number of aryl methyl sites for hydroxylation is 3. The zero-order chi connectivity index (χ0) is 22.1. The lowest BCUT2D eigenvalue weighted by atomic mass is 10.0. The van der Waals surface area contributed by atoms with Crippen molar-refractivity contribution < 1.29 is 4.79 Å². The molecule has 162 valence electrons. The van der Waals surface area contributed by atoms with Crippen molar-refractivity contribution >= 4 is 45.5 Å². The molecule has 0 aliphatic carbocycles. The summed E-state index contributed by atoms with van der Waals surface area (Å²) in [5, 5.41) is 4.44. The van der Waals surface area contributed by atoms with Gasteiger partial charge < -0.3 is 16.0 Å². The van der Waals surface area contributed by atoms with Crippen molar-refractivity contribution in [3.05, 3.63) is 56.8 Å². The van der Waals surface area contributed by atoms with Crippen molar-refractivity contribution in [1.29, 1.82) is 0 Å². The molecule has 3 N–H and O–H groups in total. The lowest BCUT2D eigenvalue weighted by Crippen LogP contribution is -2.27. The van der Waals surface area contributed by atoms with E-state index < -0.39 is 0 Å². The van der Waals surface area contributed by atoms with E-state index in [9.17, 15) is 4.79 Å². The fourth-order valence-corrected chi connectivity index (χ4v) is 4.91. The van der Waals surface area contributed by atoms with E-state index in [1.165, 1.54) is 11.3 Å². The van der Waals surface area contributed by atoms with Crippen LogP contribution in [-0.4, -0.2) is 39.9 Å². The molecular formula is C22H25ClN6OS. The van der Waals surface area contributed by atoms with Gasteiger partial charge in [-0.25, -0.2) is 15.0 Å². The lowest BCUT2D eigenvalue weighted by Gasteiger charge is -2.18. The molecule has 0 spiro atoms. The van der Waals surface area contributed by atoms with Crippen LogP contribution in [0.3, 0.4) is 0 Å². The number of nitrogens with two attached hydrogens (primary N) is 1. The minimum atomic E-state index is -0.00925. The van der Waals surface area contributed by atoms with E-state index in [2.05, 4.69) is 25.2 Å². The van der Waals surface area contributed by atoms with E-state index in [0.717, 1.165) is 42.0 Å². The Balaban J connectivity index is 1.48. The Morgan fingerprint density at radius 3 is 2.81 bits per heavy atom. The van der Waals surface area contributed by atoms with Gasteiger partial charge in [0.05, 0.1) is 11.1 Å². The highest BCUT2D eigenvalue weighted by atomic mass is 35.5. The van der Waals surface area contributed by atoms with Crippen molar-refractivity contribution in [2.24, 2.45) is 5.73 Å². The highest BCUT2D eigenvalue weighted by Crippen LogP contribution is 2.28. The molecule has 4 rings (SSSR count). The molecule has 2 aromatic heterocycles. The molecule has 1 atom stereocenters. The SMILES string of the molecule is Cc1cc(C)c(CC(=O)c2cnc(Nc3cc(N4CCC(N)C4)nc(C)n3)s2)c(Cl)c1. The number of hydrogen-bond donors (Lipinski definition) is 2. The topological polar surface area (TPSA) is 97.0 Å². The minimum absolute atomic E-state index is 0.00925. The summed E-state index contributed by atoms with van der Waals surface area (Å²) in [5.41, 5.74) is 8.99. The summed E-state index contributed by atoms with van der Waals surface area (Å²) in [4.78, 5) is 28.9. The van der Waals surface area contributed by atoms with Gasteiger partial charge in [0.1, 0.15) is 17.5 Å². The Kier molecular flexibility index (Phi) is 6.22. The monoisotopic (exact) mass is 456 g/mol. The molecule has 1 aromatic carbocycles. The second kappa shape index (κ2) is 8.90. The zero-order valence-corrected chi connectivity index (χ0v) is 19.3. The number of nitrogens with zero attached hydrogens (tertiary/aromatic N) is 4. The van der Waals surface area contributed by atoms with Crippen LogP contribution in [0, 0.1) is 20.8 Å². The number of aromatic nitrogens is 3. The molecule has 1 aliphatic rings. The van der Waals surface area contributed by atoms with E-state index in [1.807, 2.05) is 39.0 Å². The van der Waals surface area contributed by atoms with Crippen molar-refractivity contribution in [3.63, 3.8) is 0 Å². The maximum atomic E-state index is 12.8. The molecule has 1 fully saturated rings. The molecule has 1 saturated heterocycles. The average molecular weight is 457 g/mol. The van der Waals surface area contributed by atoms with E-state index in [-0.39, 0.29) is 18.2 Å². The van der Waals surface area contributed by atoms with Gasteiger partial charge in [0.15, 0.2) is 10.9 Å². The summed E-state index contributed by atoms with van der Waals surface area (Å²) in [6.07, 6.45) is 2.80. The smallest absolute Gasteiger partial charge is 0.188 e. The minimum Gasteiger partial charge on any atom is -0.355 e. The summed E-state index contributed by atoms with van der Waals surface area (Å²) in [6, 6.07) is 5.99. The van der Waals surface area contributed by atoms with Crippen molar-refractivity contribution in [3.8, 4) is 0 Å². The first-order valence-corrected chi connectivity index (χ1v) is 11.4. The van der Waals surface area contributed by atoms with Crippen LogP contribution in [0.2, 0.25) is 5.02 Å². The number of hydrogen-bond acceptors (Lipinski definition) is 8. The van der Waals surface area contributed by atoms with Gasteiger partial charge >= 0.3 is 0 Å². The number of rotatable bonds is 6. The maximum Gasteiger partial charge on any atom is 0.188 e. The number of carbonyl (C=O) groups is 1. The predicted octanol–water partition coefficient (Wildman–Crippen LogP) is 4.22. The van der Waals surface area contributed by atoms with E-state index >= 15 is 0 Å². The van der Waals surface area contributed by atoms with E-state index in [0.29, 0.717) is 26.7 Å². The van der Waals surface area contributed by atoms with Crippen LogP contribution in [0.1, 0.15) is 38.6 Å². The van der Waals surface area contributed by atoms with Gasteiger partial charge in [-0.05, 0) is 49.9 Å². The fourth-order valence-electron chi connectivity index (χ4n) is 3.76. The number of ketones is 1. The van der Waals surface area contributed by atoms with Crippen LogP contribution in [-0.2, 0) is 6.42 Å². The Hall–Kier alpha value is -2.55. The van der Waals surface area contributed by atoms with Gasteiger partial charge in [-0.3, -0.25) is 4.79 Å². The van der Waals surface area contributed by atoms with Crippen LogP contribution in [0.15, 0.2) is 24.4 Å². The van der Waals surface area contributed by atoms with Gasteiger partial charge in [-0.1, -0.05) is 29.0 Å². The zero-order valence-electron chi connectivity index (χ0n) is 17.8. The molecule has 0 amide bonds. The van der Waals surface area contributed by atoms with Crippen molar-refractivity contribution in [2.75, 3.05) is 23.3 Å². The lowest BCUT2D eigenvalue weighted by molar-refractivity contribution is 0.0996. The summed E-state index contributed by atoms with van der Waals surface area (Å²) in [6.45, 7) is 7.49. The van der Waals surface area contributed by atoms with Crippen LogP contribution >= 0.6 is 22.9 Å². The van der Waals surface area contributed by atoms with Gasteiger partial charge in [-0.2, -0.15) is 0 Å². The van der Waals surface area contributed by atoms with Crippen molar-refractivity contribution in [2.45, 2.75) is 39.7 Å².